The lowest BCUT2D eigenvalue weighted by Gasteiger charge is -2.23. The first-order chi connectivity index (χ1) is 14.9. The maximum Gasteiger partial charge on any atom is 0.336 e. The van der Waals surface area contributed by atoms with Crippen LogP contribution in [0.5, 0.6) is 0 Å². The normalized spacial score (nSPS) is 16.8. The molecule has 0 aromatic heterocycles. The first-order valence-electron chi connectivity index (χ1n) is 10.6. The lowest BCUT2D eigenvalue weighted by Crippen LogP contribution is -2.53. The third-order valence-corrected chi connectivity index (χ3v) is 5.61. The van der Waals surface area contributed by atoms with Crippen molar-refractivity contribution < 1.29 is 19.1 Å². The van der Waals surface area contributed by atoms with Gasteiger partial charge in [0.25, 0.3) is 0 Å². The second-order valence-electron chi connectivity index (χ2n) is 8.12. The predicted octanol–water partition coefficient (Wildman–Crippen LogP) is 1.63. The minimum atomic E-state index is -1.14. The molecule has 0 aliphatic heterocycles. The van der Waals surface area contributed by atoms with Gasteiger partial charge in [-0.3, -0.25) is 4.79 Å². The fourth-order valence-electron chi connectivity index (χ4n) is 3.76. The van der Waals surface area contributed by atoms with E-state index in [4.69, 9.17) is 16.2 Å². The van der Waals surface area contributed by atoms with Gasteiger partial charge in [-0.25, -0.2) is 9.59 Å². The van der Waals surface area contributed by atoms with Crippen molar-refractivity contribution in [2.75, 3.05) is 0 Å². The Morgan fingerprint density at radius 2 is 1.42 bits per heavy atom. The molecule has 2 aromatic carbocycles. The number of carbonyl (C=O) groups excluding carboxylic acids is 3. The van der Waals surface area contributed by atoms with Gasteiger partial charge in [-0.05, 0) is 30.4 Å². The molecule has 3 rings (SSSR count). The Balaban J connectivity index is 1.68. The van der Waals surface area contributed by atoms with E-state index < -0.39 is 35.5 Å². The van der Waals surface area contributed by atoms with Crippen molar-refractivity contribution in [1.82, 2.24) is 5.32 Å². The quantitative estimate of drug-likeness (QED) is 0.438. The molecule has 1 amide bonds. The summed E-state index contributed by atoms with van der Waals surface area (Å²) in [5, 5.41) is 2.66. The van der Waals surface area contributed by atoms with Gasteiger partial charge in [0.15, 0.2) is 0 Å². The van der Waals surface area contributed by atoms with Gasteiger partial charge < -0.3 is 21.5 Å². The van der Waals surface area contributed by atoms with Gasteiger partial charge in [0.1, 0.15) is 11.6 Å². The first-order valence-corrected chi connectivity index (χ1v) is 10.6. The zero-order valence-electron chi connectivity index (χ0n) is 17.5. The van der Waals surface area contributed by atoms with Crippen molar-refractivity contribution in [3.8, 4) is 0 Å². The van der Waals surface area contributed by atoms with Crippen LogP contribution in [0.4, 0.5) is 0 Å². The number of nitrogens with one attached hydrogen (secondary N) is 1. The number of ether oxygens (including phenoxy) is 1. The Morgan fingerprint density at radius 3 is 1.97 bits per heavy atom. The molecule has 5 N–H and O–H groups in total. The number of amides is 1. The van der Waals surface area contributed by atoms with Crippen molar-refractivity contribution in [3.05, 3.63) is 71.8 Å². The molecule has 1 saturated carbocycles. The highest BCUT2D eigenvalue weighted by molar-refractivity contribution is 5.95. The van der Waals surface area contributed by atoms with Gasteiger partial charge in [0, 0.05) is 6.42 Å². The fraction of sp³-hybridized carbons (Fsp3) is 0.375. The van der Waals surface area contributed by atoms with E-state index in [2.05, 4.69) is 5.32 Å². The summed E-state index contributed by atoms with van der Waals surface area (Å²) in [6.07, 6.45) is 3.10. The van der Waals surface area contributed by atoms with Gasteiger partial charge >= 0.3 is 11.9 Å². The molecule has 0 heterocycles. The van der Waals surface area contributed by atoms with E-state index in [1.807, 2.05) is 60.7 Å². The second kappa shape index (κ2) is 10.3. The average molecular weight is 424 g/mol. The smallest absolute Gasteiger partial charge is 0.336 e. The van der Waals surface area contributed by atoms with Crippen molar-refractivity contribution in [3.63, 3.8) is 0 Å². The molecule has 0 unspecified atom stereocenters. The second-order valence-corrected chi connectivity index (χ2v) is 8.12. The highest BCUT2D eigenvalue weighted by atomic mass is 16.6. The number of esters is 2. The molecule has 1 aliphatic carbocycles. The van der Waals surface area contributed by atoms with Crippen LogP contribution >= 0.6 is 0 Å². The molecule has 7 nitrogen and oxygen atoms in total. The van der Waals surface area contributed by atoms with Crippen LogP contribution in [0.2, 0.25) is 0 Å². The molecule has 2 aromatic rings. The molecular formula is C24H29N3O4. The zero-order chi connectivity index (χ0) is 22.3. The molecule has 0 radical (unpaired) electrons. The van der Waals surface area contributed by atoms with Crippen molar-refractivity contribution >= 4 is 17.8 Å². The van der Waals surface area contributed by atoms with Crippen molar-refractivity contribution in [2.24, 2.45) is 11.5 Å². The highest BCUT2D eigenvalue weighted by Crippen LogP contribution is 2.28. The summed E-state index contributed by atoms with van der Waals surface area (Å²) in [5.74, 6) is -2.06. The Labute approximate surface area is 182 Å². The highest BCUT2D eigenvalue weighted by Gasteiger charge is 2.41. The van der Waals surface area contributed by atoms with Gasteiger partial charge in [-0.15, -0.1) is 0 Å². The van der Waals surface area contributed by atoms with Gasteiger partial charge in [0.05, 0.1) is 6.04 Å². The molecule has 0 saturated heterocycles. The van der Waals surface area contributed by atoms with E-state index in [0.29, 0.717) is 19.3 Å². The Bertz CT molecular complexity index is 896. The Hall–Kier alpha value is -3.03. The minimum absolute atomic E-state index is 0.175. The van der Waals surface area contributed by atoms with Crippen LogP contribution in [0.15, 0.2) is 60.7 Å². The molecule has 164 valence electrons. The standard InChI is InChI=1S/C24H29N3O4/c25-19(15-17-9-3-1-4-10-17)21(28)27-20(16-18-11-5-2-6-12-18)22(29)31-23(30)24(26)13-7-8-14-24/h1-6,9-12,19-20H,7-8,13-16,25-26H2,(H,27,28)/t19-,20-/m0/s1. The molecule has 2 atom stereocenters. The summed E-state index contributed by atoms with van der Waals surface area (Å²) in [6.45, 7) is 0. The molecule has 31 heavy (non-hydrogen) atoms. The summed E-state index contributed by atoms with van der Waals surface area (Å²) in [5.41, 5.74) is 12.8. The lowest BCUT2D eigenvalue weighted by molar-refractivity contribution is -0.165. The number of carbonyl (C=O) groups is 3. The molecule has 0 bridgehead atoms. The largest absolute Gasteiger partial charge is 0.390 e. The SMILES string of the molecule is N[C@@H](Cc1ccccc1)C(=O)N[C@@H](Cc1ccccc1)C(=O)OC(=O)C1(N)CCCC1. The third-order valence-electron chi connectivity index (χ3n) is 5.61. The summed E-state index contributed by atoms with van der Waals surface area (Å²) < 4.78 is 5.11. The Kier molecular flexibility index (Phi) is 7.55. The predicted molar refractivity (Wildman–Crippen MR) is 117 cm³/mol. The van der Waals surface area contributed by atoms with E-state index in [1.54, 1.807) is 0 Å². The van der Waals surface area contributed by atoms with Crippen LogP contribution in [0.25, 0.3) is 0 Å². The van der Waals surface area contributed by atoms with Crippen molar-refractivity contribution in [1.29, 1.82) is 0 Å². The van der Waals surface area contributed by atoms with Gasteiger partial charge in [-0.1, -0.05) is 73.5 Å². The van der Waals surface area contributed by atoms with E-state index >= 15 is 0 Å². The average Bonchev–Trinajstić information content (AvgIpc) is 3.22. The van der Waals surface area contributed by atoms with Crippen LogP contribution < -0.4 is 16.8 Å². The zero-order valence-corrected chi connectivity index (χ0v) is 17.5. The number of rotatable bonds is 8. The summed E-state index contributed by atoms with van der Waals surface area (Å²) >= 11 is 0. The fourth-order valence-corrected chi connectivity index (χ4v) is 3.76. The van der Waals surface area contributed by atoms with Crippen LogP contribution in [0.1, 0.15) is 36.8 Å². The van der Waals surface area contributed by atoms with Gasteiger partial charge in [0.2, 0.25) is 5.91 Å². The van der Waals surface area contributed by atoms with Gasteiger partial charge in [-0.2, -0.15) is 0 Å². The maximum atomic E-state index is 12.8. The van der Waals surface area contributed by atoms with Crippen LogP contribution in [0, 0.1) is 0 Å². The number of hydrogen-bond donors (Lipinski definition) is 3. The lowest BCUT2D eigenvalue weighted by atomic mass is 9.99. The molecule has 1 fully saturated rings. The number of hydrogen-bond acceptors (Lipinski definition) is 6. The maximum absolute atomic E-state index is 12.8. The first kappa shape index (κ1) is 22.7. The van der Waals surface area contributed by atoms with Crippen LogP contribution in [-0.4, -0.2) is 35.5 Å². The topological polar surface area (TPSA) is 125 Å². The van der Waals surface area contributed by atoms with E-state index in [9.17, 15) is 14.4 Å². The number of benzene rings is 2. The van der Waals surface area contributed by atoms with Crippen LogP contribution in [0.3, 0.4) is 0 Å². The number of nitrogens with two attached hydrogens (primary N) is 2. The van der Waals surface area contributed by atoms with Crippen LogP contribution in [-0.2, 0) is 32.0 Å². The van der Waals surface area contributed by atoms with E-state index in [-0.39, 0.29) is 6.42 Å². The minimum Gasteiger partial charge on any atom is -0.390 e. The van der Waals surface area contributed by atoms with E-state index in [1.165, 1.54) is 0 Å². The van der Waals surface area contributed by atoms with Crippen molar-refractivity contribution in [2.45, 2.75) is 56.1 Å². The Morgan fingerprint density at radius 1 is 0.903 bits per heavy atom. The summed E-state index contributed by atoms with van der Waals surface area (Å²) in [7, 11) is 0. The molecular weight excluding hydrogens is 394 g/mol. The molecule has 1 aliphatic rings. The molecule has 0 spiro atoms. The third kappa shape index (κ3) is 6.23. The summed E-state index contributed by atoms with van der Waals surface area (Å²) in [6, 6.07) is 16.7. The summed E-state index contributed by atoms with van der Waals surface area (Å²) in [4.78, 5) is 38.0. The molecule has 7 heteroatoms. The monoisotopic (exact) mass is 423 g/mol. The van der Waals surface area contributed by atoms with E-state index in [0.717, 1.165) is 24.0 Å².